The van der Waals surface area contributed by atoms with Crippen LogP contribution in [0.5, 0.6) is 0 Å². The lowest BCUT2D eigenvalue weighted by molar-refractivity contribution is -0.125. The summed E-state index contributed by atoms with van der Waals surface area (Å²) in [6.45, 7) is 0. The predicted octanol–water partition coefficient (Wildman–Crippen LogP) is 0.433. The van der Waals surface area contributed by atoms with Crippen LogP contribution in [0.1, 0.15) is 19.3 Å². The van der Waals surface area contributed by atoms with Gasteiger partial charge in [0.1, 0.15) is 0 Å². The van der Waals surface area contributed by atoms with E-state index < -0.39 is 9.84 Å². The van der Waals surface area contributed by atoms with E-state index in [1.54, 1.807) is 0 Å². The molecule has 1 atom stereocenters. The lowest BCUT2D eigenvalue weighted by Crippen LogP contribution is -2.40. The quantitative estimate of drug-likeness (QED) is 0.785. The van der Waals surface area contributed by atoms with Gasteiger partial charge in [-0.3, -0.25) is 4.79 Å². The van der Waals surface area contributed by atoms with Crippen LogP contribution in [0.15, 0.2) is 0 Å². The first kappa shape index (κ1) is 12.2. The zero-order valence-electron chi connectivity index (χ0n) is 9.15. The fraction of sp³-hybridized carbons (Fsp3) is 0.900. The molecule has 0 aliphatic carbocycles. The van der Waals surface area contributed by atoms with Crippen LogP contribution >= 0.6 is 11.8 Å². The summed E-state index contributed by atoms with van der Waals surface area (Å²) >= 11 is 1.88. The van der Waals surface area contributed by atoms with Crippen LogP contribution in [0.4, 0.5) is 0 Å². The monoisotopic (exact) mass is 263 g/mol. The minimum atomic E-state index is -2.89. The number of sulfone groups is 1. The maximum absolute atomic E-state index is 11.8. The Balaban J connectivity index is 1.83. The average Bonchev–Trinajstić information content (AvgIpc) is 2.59. The molecule has 0 spiro atoms. The number of nitrogens with one attached hydrogen (secondary N) is 1. The summed E-state index contributed by atoms with van der Waals surface area (Å²) in [5.41, 5.74) is 0. The zero-order chi connectivity index (χ0) is 11.6. The summed E-state index contributed by atoms with van der Waals surface area (Å²) in [6, 6.07) is -0.146. The third kappa shape index (κ3) is 3.13. The van der Waals surface area contributed by atoms with Gasteiger partial charge in [-0.1, -0.05) is 0 Å². The van der Waals surface area contributed by atoms with E-state index in [1.807, 2.05) is 11.8 Å². The minimum Gasteiger partial charge on any atom is -0.352 e. The number of thioether (sulfide) groups is 1. The molecule has 0 radical (unpaired) electrons. The number of carbonyl (C=O) groups excluding carboxylic acids is 1. The second kappa shape index (κ2) is 4.96. The highest BCUT2D eigenvalue weighted by Crippen LogP contribution is 2.23. The first-order chi connectivity index (χ1) is 7.57. The largest absolute Gasteiger partial charge is 0.352 e. The van der Waals surface area contributed by atoms with Gasteiger partial charge < -0.3 is 5.32 Å². The number of carbonyl (C=O) groups is 1. The Morgan fingerprint density at radius 1 is 1.19 bits per heavy atom. The molecule has 92 valence electrons. The fourth-order valence-corrected chi connectivity index (χ4v) is 4.97. The van der Waals surface area contributed by atoms with Crippen molar-refractivity contribution in [1.82, 2.24) is 5.32 Å². The average molecular weight is 263 g/mol. The van der Waals surface area contributed by atoms with Crippen molar-refractivity contribution in [3.05, 3.63) is 0 Å². The van der Waals surface area contributed by atoms with Crippen LogP contribution in [-0.2, 0) is 14.6 Å². The maximum Gasteiger partial charge on any atom is 0.223 e. The molecular weight excluding hydrogens is 246 g/mol. The van der Waals surface area contributed by atoms with Crippen LogP contribution < -0.4 is 5.32 Å². The molecule has 4 nitrogen and oxygen atoms in total. The van der Waals surface area contributed by atoms with Gasteiger partial charge in [0.25, 0.3) is 0 Å². The second-order valence-corrected chi connectivity index (χ2v) is 7.95. The summed E-state index contributed by atoms with van der Waals surface area (Å²) < 4.78 is 22.5. The van der Waals surface area contributed by atoms with Crippen molar-refractivity contribution in [2.24, 2.45) is 5.92 Å². The molecule has 2 saturated heterocycles. The molecule has 0 aromatic heterocycles. The Morgan fingerprint density at radius 3 is 2.44 bits per heavy atom. The van der Waals surface area contributed by atoms with E-state index in [2.05, 4.69) is 5.32 Å². The molecule has 0 aromatic carbocycles. The number of rotatable bonds is 2. The number of hydrogen-bond acceptors (Lipinski definition) is 4. The summed E-state index contributed by atoms with van der Waals surface area (Å²) in [5, 5.41) is 2.88. The third-order valence-electron chi connectivity index (χ3n) is 3.17. The standard InChI is InChI=1S/C10H17NO3S2/c12-10(8-1-4-15-5-2-8)11-9-3-6-16(13,14)7-9/h8-9H,1-7H2,(H,11,12). The van der Waals surface area contributed by atoms with E-state index >= 15 is 0 Å². The Morgan fingerprint density at radius 2 is 1.88 bits per heavy atom. The minimum absolute atomic E-state index is 0.0578. The van der Waals surface area contributed by atoms with Gasteiger partial charge in [0.15, 0.2) is 9.84 Å². The van der Waals surface area contributed by atoms with Crippen molar-refractivity contribution in [1.29, 1.82) is 0 Å². The van der Waals surface area contributed by atoms with Gasteiger partial charge in [-0.25, -0.2) is 8.42 Å². The molecule has 2 aliphatic rings. The Kier molecular flexibility index (Phi) is 3.79. The van der Waals surface area contributed by atoms with Gasteiger partial charge in [-0.15, -0.1) is 0 Å². The lowest BCUT2D eigenvalue weighted by atomic mass is 10.0. The second-order valence-electron chi connectivity index (χ2n) is 4.50. The van der Waals surface area contributed by atoms with Crippen molar-refractivity contribution in [2.75, 3.05) is 23.0 Å². The summed E-state index contributed by atoms with van der Waals surface area (Å²) in [7, 11) is -2.89. The van der Waals surface area contributed by atoms with Gasteiger partial charge in [0, 0.05) is 12.0 Å². The molecule has 1 unspecified atom stereocenters. The van der Waals surface area contributed by atoms with Crippen molar-refractivity contribution in [2.45, 2.75) is 25.3 Å². The van der Waals surface area contributed by atoms with Crippen molar-refractivity contribution in [3.8, 4) is 0 Å². The maximum atomic E-state index is 11.8. The Labute approximate surface area is 100 Å². The van der Waals surface area contributed by atoms with E-state index in [4.69, 9.17) is 0 Å². The van der Waals surface area contributed by atoms with E-state index in [0.717, 1.165) is 24.3 Å². The topological polar surface area (TPSA) is 63.2 Å². The van der Waals surface area contributed by atoms with Crippen LogP contribution in [-0.4, -0.2) is 43.4 Å². The summed E-state index contributed by atoms with van der Waals surface area (Å²) in [5.74, 6) is 2.59. The van der Waals surface area contributed by atoms with Crippen molar-refractivity contribution < 1.29 is 13.2 Å². The van der Waals surface area contributed by atoms with Crippen molar-refractivity contribution >= 4 is 27.5 Å². The van der Waals surface area contributed by atoms with Gasteiger partial charge in [-0.2, -0.15) is 11.8 Å². The van der Waals surface area contributed by atoms with E-state index in [9.17, 15) is 13.2 Å². The number of hydrogen-bond donors (Lipinski definition) is 1. The van der Waals surface area contributed by atoms with Gasteiger partial charge in [-0.05, 0) is 30.8 Å². The van der Waals surface area contributed by atoms with Crippen LogP contribution in [0.3, 0.4) is 0 Å². The molecule has 0 bridgehead atoms. The summed E-state index contributed by atoms with van der Waals surface area (Å²) in [4.78, 5) is 11.8. The predicted molar refractivity (Wildman–Crippen MR) is 65.3 cm³/mol. The van der Waals surface area contributed by atoms with Gasteiger partial charge in [0.05, 0.1) is 11.5 Å². The highest BCUT2D eigenvalue weighted by atomic mass is 32.2. The third-order valence-corrected chi connectivity index (χ3v) is 5.99. The molecule has 16 heavy (non-hydrogen) atoms. The van der Waals surface area contributed by atoms with Crippen molar-refractivity contribution in [3.63, 3.8) is 0 Å². The fourth-order valence-electron chi connectivity index (χ4n) is 2.19. The molecule has 2 aliphatic heterocycles. The molecule has 1 N–H and O–H groups in total. The molecule has 0 saturated carbocycles. The van der Waals surface area contributed by atoms with Gasteiger partial charge in [0.2, 0.25) is 5.91 Å². The van der Waals surface area contributed by atoms with Crippen LogP contribution in [0.2, 0.25) is 0 Å². The highest BCUT2D eigenvalue weighted by Gasteiger charge is 2.31. The SMILES string of the molecule is O=C(NC1CCS(=O)(=O)C1)C1CCSCC1. The molecule has 1 amide bonds. The molecule has 2 heterocycles. The first-order valence-corrected chi connectivity index (χ1v) is 8.63. The van der Waals surface area contributed by atoms with Crippen LogP contribution in [0, 0.1) is 5.92 Å². The van der Waals surface area contributed by atoms with E-state index in [1.165, 1.54) is 0 Å². The van der Waals surface area contributed by atoms with Crippen LogP contribution in [0.25, 0.3) is 0 Å². The normalized spacial score (nSPS) is 30.1. The molecule has 0 aromatic rings. The molecule has 6 heteroatoms. The molecular formula is C10H17NO3S2. The lowest BCUT2D eigenvalue weighted by Gasteiger charge is -2.22. The highest BCUT2D eigenvalue weighted by molar-refractivity contribution is 7.99. The zero-order valence-corrected chi connectivity index (χ0v) is 10.8. The first-order valence-electron chi connectivity index (χ1n) is 5.65. The molecule has 2 rings (SSSR count). The molecule has 2 fully saturated rings. The van der Waals surface area contributed by atoms with Gasteiger partial charge >= 0.3 is 0 Å². The smallest absolute Gasteiger partial charge is 0.223 e. The van der Waals surface area contributed by atoms with E-state index in [0.29, 0.717) is 6.42 Å². The summed E-state index contributed by atoms with van der Waals surface area (Å²) in [6.07, 6.45) is 2.43. The Hall–Kier alpha value is -0.230. The van der Waals surface area contributed by atoms with E-state index in [-0.39, 0.29) is 29.4 Å². The number of amides is 1. The Bertz CT molecular complexity index is 360.